The van der Waals surface area contributed by atoms with E-state index in [0.29, 0.717) is 31.6 Å². The number of hydrogen-bond donors (Lipinski definition) is 2. The lowest BCUT2D eigenvalue weighted by Crippen LogP contribution is -2.52. The smallest absolute Gasteiger partial charge is 0.303 e. The van der Waals surface area contributed by atoms with Crippen molar-refractivity contribution in [1.82, 2.24) is 0 Å². The molecule has 0 aromatic rings. The SMILES string of the molecule is CC(=O)O[C@@H](/C=C/[C@@H](C)CCC=C(C)C)/C(C)=C/CC[C@@]1(C)[C@H](CCCO)/C(=C(/C)C=O)CC[C@]1(C)O. The molecule has 1 aliphatic rings. The highest BCUT2D eigenvalue weighted by Gasteiger charge is 2.52. The maximum atomic E-state index is 11.8. The molecule has 0 spiro atoms. The van der Waals surface area contributed by atoms with Crippen molar-refractivity contribution in [2.75, 3.05) is 6.61 Å². The Morgan fingerprint density at radius 1 is 1.11 bits per heavy atom. The molecule has 0 unspecified atom stereocenters. The first kappa shape index (κ1) is 33.0. The first-order valence-corrected chi connectivity index (χ1v) is 13.9. The molecule has 0 aliphatic heterocycles. The number of aliphatic hydroxyl groups excluding tert-OH is 1. The van der Waals surface area contributed by atoms with Crippen LogP contribution in [-0.2, 0) is 14.3 Å². The lowest BCUT2D eigenvalue weighted by molar-refractivity contribution is -0.142. The number of hydrogen-bond acceptors (Lipinski definition) is 5. The van der Waals surface area contributed by atoms with E-state index >= 15 is 0 Å². The summed E-state index contributed by atoms with van der Waals surface area (Å²) in [4.78, 5) is 23.4. The lowest BCUT2D eigenvalue weighted by Gasteiger charge is -2.53. The summed E-state index contributed by atoms with van der Waals surface area (Å²) in [5.74, 6) is 0.0781. The number of ether oxygens (including phenoxy) is 1. The van der Waals surface area contributed by atoms with Crippen molar-refractivity contribution < 1.29 is 24.5 Å². The molecule has 2 N–H and O–H groups in total. The van der Waals surface area contributed by atoms with E-state index in [1.54, 1.807) is 0 Å². The van der Waals surface area contributed by atoms with E-state index in [0.717, 1.165) is 48.7 Å². The molecule has 1 rings (SSSR count). The Bertz CT molecular complexity index is 872. The lowest BCUT2D eigenvalue weighted by atomic mass is 9.54. The van der Waals surface area contributed by atoms with Gasteiger partial charge in [0.1, 0.15) is 12.4 Å². The molecule has 37 heavy (non-hydrogen) atoms. The van der Waals surface area contributed by atoms with Gasteiger partial charge in [-0.1, -0.05) is 43.2 Å². The molecule has 1 aliphatic carbocycles. The number of allylic oxidation sites excluding steroid dienone is 6. The summed E-state index contributed by atoms with van der Waals surface area (Å²) < 4.78 is 5.62. The third-order valence-electron chi connectivity index (χ3n) is 8.30. The highest BCUT2D eigenvalue weighted by molar-refractivity contribution is 5.74. The van der Waals surface area contributed by atoms with Crippen LogP contribution in [0.15, 0.2) is 46.6 Å². The van der Waals surface area contributed by atoms with Gasteiger partial charge in [-0.3, -0.25) is 9.59 Å². The molecule has 0 heterocycles. The number of carbonyl (C=O) groups is 2. The molecule has 0 amide bonds. The van der Waals surface area contributed by atoms with Gasteiger partial charge in [0.2, 0.25) is 0 Å². The van der Waals surface area contributed by atoms with Crippen LogP contribution in [0.5, 0.6) is 0 Å². The van der Waals surface area contributed by atoms with Crippen molar-refractivity contribution in [3.63, 3.8) is 0 Å². The summed E-state index contributed by atoms with van der Waals surface area (Å²) in [6.07, 6.45) is 15.1. The molecule has 0 radical (unpaired) electrons. The van der Waals surface area contributed by atoms with Gasteiger partial charge in [-0.15, -0.1) is 0 Å². The van der Waals surface area contributed by atoms with Crippen LogP contribution in [0.3, 0.4) is 0 Å². The van der Waals surface area contributed by atoms with E-state index in [-0.39, 0.29) is 18.5 Å². The molecule has 0 aromatic heterocycles. The fourth-order valence-corrected chi connectivity index (χ4v) is 5.58. The first-order chi connectivity index (χ1) is 17.3. The second-order valence-electron chi connectivity index (χ2n) is 11.7. The van der Waals surface area contributed by atoms with Gasteiger partial charge in [0.25, 0.3) is 0 Å². The van der Waals surface area contributed by atoms with Crippen LogP contribution in [0.1, 0.15) is 107 Å². The zero-order valence-corrected chi connectivity index (χ0v) is 24.6. The summed E-state index contributed by atoms with van der Waals surface area (Å²) in [7, 11) is 0. The Morgan fingerprint density at radius 3 is 2.35 bits per heavy atom. The molecule has 5 atom stereocenters. The number of esters is 1. The zero-order chi connectivity index (χ0) is 28.2. The summed E-state index contributed by atoms with van der Waals surface area (Å²) in [5, 5.41) is 21.0. The van der Waals surface area contributed by atoms with Gasteiger partial charge in [-0.05, 0) is 115 Å². The molecule has 5 nitrogen and oxygen atoms in total. The quantitative estimate of drug-likeness (QED) is 0.112. The third kappa shape index (κ3) is 10.0. The maximum absolute atomic E-state index is 11.8. The van der Waals surface area contributed by atoms with Crippen LogP contribution in [0.25, 0.3) is 0 Å². The van der Waals surface area contributed by atoms with E-state index in [4.69, 9.17) is 4.74 Å². The minimum Gasteiger partial charge on any atom is -0.454 e. The van der Waals surface area contributed by atoms with Gasteiger partial charge < -0.3 is 14.9 Å². The van der Waals surface area contributed by atoms with Gasteiger partial charge in [-0.2, -0.15) is 0 Å². The van der Waals surface area contributed by atoms with Crippen molar-refractivity contribution in [1.29, 1.82) is 0 Å². The zero-order valence-electron chi connectivity index (χ0n) is 24.6. The molecular formula is C32H52O5. The molecule has 1 fully saturated rings. The number of rotatable bonds is 14. The maximum Gasteiger partial charge on any atom is 0.303 e. The summed E-state index contributed by atoms with van der Waals surface area (Å²) in [6, 6.07) is 0. The van der Waals surface area contributed by atoms with E-state index in [2.05, 4.69) is 45.9 Å². The molecule has 0 bridgehead atoms. The Balaban J connectivity index is 3.11. The number of aldehydes is 1. The highest BCUT2D eigenvalue weighted by Crippen LogP contribution is 2.55. The van der Waals surface area contributed by atoms with Gasteiger partial charge in [0.15, 0.2) is 0 Å². The van der Waals surface area contributed by atoms with Crippen molar-refractivity contribution >= 4 is 12.3 Å². The van der Waals surface area contributed by atoms with Gasteiger partial charge in [0.05, 0.1) is 5.60 Å². The van der Waals surface area contributed by atoms with Crippen molar-refractivity contribution in [3.05, 3.63) is 46.6 Å². The van der Waals surface area contributed by atoms with Crippen molar-refractivity contribution in [2.24, 2.45) is 17.3 Å². The third-order valence-corrected chi connectivity index (χ3v) is 8.30. The Morgan fingerprint density at radius 2 is 1.78 bits per heavy atom. The summed E-state index contributed by atoms with van der Waals surface area (Å²) in [6.45, 7) is 15.8. The second kappa shape index (κ2) is 15.4. The predicted octanol–water partition coefficient (Wildman–Crippen LogP) is 7.04. The van der Waals surface area contributed by atoms with Gasteiger partial charge in [-0.25, -0.2) is 0 Å². The van der Waals surface area contributed by atoms with Gasteiger partial charge in [0, 0.05) is 18.9 Å². The highest BCUT2D eigenvalue weighted by atomic mass is 16.5. The van der Waals surface area contributed by atoms with Crippen LogP contribution in [-0.4, -0.2) is 40.8 Å². The fourth-order valence-electron chi connectivity index (χ4n) is 5.58. The molecule has 5 heteroatoms. The average Bonchev–Trinajstić information content (AvgIpc) is 2.81. The topological polar surface area (TPSA) is 83.8 Å². The molecule has 1 saturated carbocycles. The summed E-state index contributed by atoms with van der Waals surface area (Å²) >= 11 is 0. The van der Waals surface area contributed by atoms with E-state index in [1.807, 2.05) is 26.8 Å². The van der Waals surface area contributed by atoms with Crippen molar-refractivity contribution in [2.45, 2.75) is 118 Å². The molecule has 0 saturated heterocycles. The van der Waals surface area contributed by atoms with Crippen molar-refractivity contribution in [3.8, 4) is 0 Å². The van der Waals surface area contributed by atoms with Crippen LogP contribution in [0, 0.1) is 17.3 Å². The normalized spacial score (nSPS) is 27.5. The predicted molar refractivity (Wildman–Crippen MR) is 152 cm³/mol. The Labute approximate surface area is 225 Å². The average molecular weight is 517 g/mol. The number of aliphatic hydroxyl groups is 2. The van der Waals surface area contributed by atoms with Crippen LogP contribution in [0.4, 0.5) is 0 Å². The van der Waals surface area contributed by atoms with Crippen LogP contribution < -0.4 is 0 Å². The Hall–Kier alpha value is -1.98. The van der Waals surface area contributed by atoms with E-state index in [9.17, 15) is 19.8 Å². The van der Waals surface area contributed by atoms with Crippen LogP contribution >= 0.6 is 0 Å². The van der Waals surface area contributed by atoms with E-state index < -0.39 is 17.1 Å². The first-order valence-electron chi connectivity index (χ1n) is 13.9. The molecular weight excluding hydrogens is 464 g/mol. The monoisotopic (exact) mass is 516 g/mol. The summed E-state index contributed by atoms with van der Waals surface area (Å²) in [5.41, 5.74) is 2.80. The van der Waals surface area contributed by atoms with E-state index in [1.165, 1.54) is 12.5 Å². The fraction of sp³-hybridized carbons (Fsp3) is 0.688. The standard InChI is InChI=1S/C32H52O5/c1-23(2)12-9-13-24(3)16-17-30(37-27(6)35)25(4)14-10-19-31(7)29(15-11-21-33)28(26(5)22-34)18-20-32(31,8)36/h12,14,16-17,22,24,29-30,33,36H,9-11,13,15,18-21H2,1-8H3/b17-16+,25-14+,28-26-/t24-,29+,30-,31-,32-/m0/s1. The molecule has 210 valence electrons. The number of carbonyl (C=O) groups excluding carboxylic acids is 2. The minimum absolute atomic E-state index is 0.0214. The minimum atomic E-state index is -0.891. The Kier molecular flexibility index (Phi) is 13.8. The second-order valence-corrected chi connectivity index (χ2v) is 11.7. The van der Waals surface area contributed by atoms with Crippen LogP contribution in [0.2, 0.25) is 0 Å². The molecule has 0 aromatic carbocycles. The van der Waals surface area contributed by atoms with Gasteiger partial charge >= 0.3 is 5.97 Å². The largest absolute Gasteiger partial charge is 0.454 e.